The third-order valence-electron chi connectivity index (χ3n) is 4.38. The SMILES string of the molecule is O=C1CCCc2ccc(OCCC3CCCCN3)cc21. The monoisotopic (exact) mass is 273 g/mol. The highest BCUT2D eigenvalue weighted by Crippen LogP contribution is 2.25. The fourth-order valence-electron chi connectivity index (χ4n) is 3.19. The maximum atomic E-state index is 11.9. The number of hydrogen-bond acceptors (Lipinski definition) is 3. The van der Waals surface area contributed by atoms with E-state index in [0.29, 0.717) is 12.5 Å². The van der Waals surface area contributed by atoms with E-state index in [1.165, 1.54) is 24.8 Å². The number of carbonyl (C=O) groups is 1. The van der Waals surface area contributed by atoms with Crippen LogP contribution in [0.5, 0.6) is 5.75 Å². The second-order valence-electron chi connectivity index (χ2n) is 5.88. The van der Waals surface area contributed by atoms with E-state index in [0.717, 1.165) is 43.7 Å². The Morgan fingerprint density at radius 1 is 1.20 bits per heavy atom. The maximum Gasteiger partial charge on any atom is 0.163 e. The number of carbonyl (C=O) groups excluding carboxylic acids is 1. The zero-order chi connectivity index (χ0) is 13.8. The first kappa shape index (κ1) is 13.6. The molecule has 1 aliphatic carbocycles. The Kier molecular flexibility index (Phi) is 4.36. The van der Waals surface area contributed by atoms with Crippen LogP contribution in [0, 0.1) is 0 Å². The quantitative estimate of drug-likeness (QED) is 0.916. The molecule has 0 aromatic heterocycles. The highest BCUT2D eigenvalue weighted by atomic mass is 16.5. The summed E-state index contributed by atoms with van der Waals surface area (Å²) in [4.78, 5) is 11.9. The number of piperidine rings is 1. The summed E-state index contributed by atoms with van der Waals surface area (Å²) in [5.41, 5.74) is 2.06. The summed E-state index contributed by atoms with van der Waals surface area (Å²) in [5.74, 6) is 1.11. The molecule has 0 radical (unpaired) electrons. The van der Waals surface area contributed by atoms with E-state index in [4.69, 9.17) is 4.74 Å². The number of Topliss-reactive ketones (excluding diaryl/α,β-unsaturated/α-hetero) is 1. The van der Waals surface area contributed by atoms with Gasteiger partial charge in [-0.25, -0.2) is 0 Å². The molecule has 3 nitrogen and oxygen atoms in total. The summed E-state index contributed by atoms with van der Waals surface area (Å²) in [6, 6.07) is 6.60. The molecule has 0 spiro atoms. The molecular weight excluding hydrogens is 250 g/mol. The van der Waals surface area contributed by atoms with Crippen LogP contribution in [0.25, 0.3) is 0 Å². The Hall–Kier alpha value is -1.35. The van der Waals surface area contributed by atoms with Gasteiger partial charge in [0.25, 0.3) is 0 Å². The summed E-state index contributed by atoms with van der Waals surface area (Å²) >= 11 is 0. The van der Waals surface area contributed by atoms with Crippen molar-refractivity contribution in [2.45, 2.75) is 51.0 Å². The summed E-state index contributed by atoms with van der Waals surface area (Å²) in [5, 5.41) is 3.53. The Morgan fingerprint density at radius 2 is 2.15 bits per heavy atom. The zero-order valence-electron chi connectivity index (χ0n) is 12.0. The summed E-state index contributed by atoms with van der Waals surface area (Å²) in [6.45, 7) is 1.86. The minimum Gasteiger partial charge on any atom is -0.494 e. The Morgan fingerprint density at radius 3 is 3.00 bits per heavy atom. The molecule has 0 bridgehead atoms. The first-order valence-corrected chi connectivity index (χ1v) is 7.85. The second-order valence-corrected chi connectivity index (χ2v) is 5.88. The molecule has 108 valence electrons. The lowest BCUT2D eigenvalue weighted by atomic mass is 9.90. The van der Waals surface area contributed by atoms with Gasteiger partial charge in [0.2, 0.25) is 0 Å². The van der Waals surface area contributed by atoms with Crippen molar-refractivity contribution < 1.29 is 9.53 Å². The second kappa shape index (κ2) is 6.40. The van der Waals surface area contributed by atoms with Crippen molar-refractivity contribution in [1.82, 2.24) is 5.32 Å². The third-order valence-corrected chi connectivity index (χ3v) is 4.38. The van der Waals surface area contributed by atoms with Crippen LogP contribution in [0.4, 0.5) is 0 Å². The van der Waals surface area contributed by atoms with Crippen molar-refractivity contribution in [3.8, 4) is 5.75 Å². The topological polar surface area (TPSA) is 38.3 Å². The van der Waals surface area contributed by atoms with Crippen molar-refractivity contribution in [2.75, 3.05) is 13.2 Å². The fourth-order valence-corrected chi connectivity index (χ4v) is 3.19. The van der Waals surface area contributed by atoms with Crippen molar-refractivity contribution in [3.63, 3.8) is 0 Å². The van der Waals surface area contributed by atoms with Crippen molar-refractivity contribution in [1.29, 1.82) is 0 Å². The first-order valence-electron chi connectivity index (χ1n) is 7.85. The predicted octanol–water partition coefficient (Wildman–Crippen LogP) is 3.12. The number of rotatable bonds is 4. The highest BCUT2D eigenvalue weighted by molar-refractivity contribution is 5.98. The van der Waals surface area contributed by atoms with Crippen molar-refractivity contribution in [3.05, 3.63) is 29.3 Å². The lowest BCUT2D eigenvalue weighted by molar-refractivity contribution is 0.0972. The fraction of sp³-hybridized carbons (Fsp3) is 0.588. The van der Waals surface area contributed by atoms with E-state index in [1.54, 1.807) is 0 Å². The predicted molar refractivity (Wildman–Crippen MR) is 79.5 cm³/mol. The number of benzene rings is 1. The number of fused-ring (bicyclic) bond motifs is 1. The van der Waals surface area contributed by atoms with Gasteiger partial charge in [-0.1, -0.05) is 12.5 Å². The standard InChI is InChI=1S/C17H23NO2/c19-17-6-3-4-13-7-8-15(12-16(13)17)20-11-9-14-5-1-2-10-18-14/h7-8,12,14,18H,1-6,9-11H2. The van der Waals surface area contributed by atoms with Crippen molar-refractivity contribution in [2.24, 2.45) is 0 Å². The zero-order valence-corrected chi connectivity index (χ0v) is 12.0. The van der Waals surface area contributed by atoms with Crippen LogP contribution in [0.15, 0.2) is 18.2 Å². The van der Waals surface area contributed by atoms with E-state index in [9.17, 15) is 4.79 Å². The van der Waals surface area contributed by atoms with E-state index in [-0.39, 0.29) is 5.78 Å². The van der Waals surface area contributed by atoms with Gasteiger partial charge >= 0.3 is 0 Å². The van der Waals surface area contributed by atoms with Crippen LogP contribution in [-0.4, -0.2) is 25.0 Å². The van der Waals surface area contributed by atoms with Crippen LogP contribution in [0.1, 0.15) is 54.4 Å². The number of hydrogen-bond donors (Lipinski definition) is 1. The molecule has 1 unspecified atom stereocenters. The maximum absolute atomic E-state index is 11.9. The third kappa shape index (κ3) is 3.21. The summed E-state index contributed by atoms with van der Waals surface area (Å²) < 4.78 is 5.83. The molecule has 1 N–H and O–H groups in total. The molecule has 3 heteroatoms. The van der Waals surface area contributed by atoms with Crippen LogP contribution < -0.4 is 10.1 Å². The number of nitrogens with one attached hydrogen (secondary N) is 1. The van der Waals surface area contributed by atoms with Gasteiger partial charge in [0.05, 0.1) is 6.61 Å². The van der Waals surface area contributed by atoms with Crippen molar-refractivity contribution >= 4 is 5.78 Å². The molecule has 20 heavy (non-hydrogen) atoms. The Labute approximate surface area is 120 Å². The van der Waals surface area contributed by atoms with Crippen LogP contribution in [0.2, 0.25) is 0 Å². The normalized spacial score (nSPS) is 22.4. The Balaban J connectivity index is 1.55. The molecule has 1 fully saturated rings. The lowest BCUT2D eigenvalue weighted by Gasteiger charge is -2.23. The minimum atomic E-state index is 0.269. The molecule has 1 aliphatic heterocycles. The molecule has 1 aromatic rings. The largest absolute Gasteiger partial charge is 0.494 e. The van der Waals surface area contributed by atoms with Gasteiger partial charge in [0.1, 0.15) is 5.75 Å². The lowest BCUT2D eigenvalue weighted by Crippen LogP contribution is -2.35. The molecule has 1 saturated heterocycles. The smallest absolute Gasteiger partial charge is 0.163 e. The average Bonchev–Trinajstić information content (AvgIpc) is 2.49. The summed E-state index contributed by atoms with van der Waals surface area (Å²) in [7, 11) is 0. The molecule has 2 aliphatic rings. The van der Waals surface area contributed by atoms with Gasteiger partial charge in [-0.3, -0.25) is 4.79 Å². The van der Waals surface area contributed by atoms with Gasteiger partial charge < -0.3 is 10.1 Å². The molecule has 1 atom stereocenters. The number of ketones is 1. The van der Waals surface area contributed by atoms with E-state index in [2.05, 4.69) is 11.4 Å². The molecular formula is C17H23NO2. The van der Waals surface area contributed by atoms with Gasteiger partial charge in [0.15, 0.2) is 5.78 Å². The first-order chi connectivity index (χ1) is 9.83. The molecule has 0 saturated carbocycles. The molecule has 1 aromatic carbocycles. The molecule has 0 amide bonds. The van der Waals surface area contributed by atoms with Crippen LogP contribution >= 0.6 is 0 Å². The van der Waals surface area contributed by atoms with Gasteiger partial charge in [-0.2, -0.15) is 0 Å². The summed E-state index contributed by atoms with van der Waals surface area (Å²) in [6.07, 6.45) is 7.61. The Bertz CT molecular complexity index is 478. The molecule has 1 heterocycles. The number of ether oxygens (including phenoxy) is 1. The van der Waals surface area contributed by atoms with Gasteiger partial charge in [0, 0.05) is 18.0 Å². The van der Waals surface area contributed by atoms with E-state index >= 15 is 0 Å². The average molecular weight is 273 g/mol. The number of aryl methyl sites for hydroxylation is 1. The van der Waals surface area contributed by atoms with Crippen LogP contribution in [-0.2, 0) is 6.42 Å². The minimum absolute atomic E-state index is 0.269. The highest BCUT2D eigenvalue weighted by Gasteiger charge is 2.18. The van der Waals surface area contributed by atoms with E-state index in [1.807, 2.05) is 12.1 Å². The molecule has 3 rings (SSSR count). The van der Waals surface area contributed by atoms with E-state index < -0.39 is 0 Å². The van der Waals surface area contributed by atoms with Gasteiger partial charge in [-0.05, 0) is 56.3 Å². The van der Waals surface area contributed by atoms with Gasteiger partial charge in [-0.15, -0.1) is 0 Å². The van der Waals surface area contributed by atoms with Crippen LogP contribution in [0.3, 0.4) is 0 Å².